The molecule has 94 valence electrons. The van der Waals surface area contributed by atoms with E-state index in [9.17, 15) is 0 Å². The Morgan fingerprint density at radius 1 is 1.47 bits per heavy atom. The number of hydrogen-bond acceptors (Lipinski definition) is 3. The van der Waals surface area contributed by atoms with Gasteiger partial charge in [0.15, 0.2) is 0 Å². The quantitative estimate of drug-likeness (QED) is 0.933. The third-order valence-electron chi connectivity index (χ3n) is 3.80. The van der Waals surface area contributed by atoms with E-state index < -0.39 is 0 Å². The third kappa shape index (κ3) is 2.80. The van der Waals surface area contributed by atoms with Gasteiger partial charge in [0.05, 0.1) is 10.2 Å². The molecule has 0 amide bonds. The van der Waals surface area contributed by atoms with Crippen molar-refractivity contribution in [2.45, 2.75) is 31.7 Å². The van der Waals surface area contributed by atoms with Crippen LogP contribution in [0, 0.1) is 5.92 Å². The van der Waals surface area contributed by atoms with Gasteiger partial charge in [0, 0.05) is 25.5 Å². The number of pyridine rings is 1. The van der Waals surface area contributed by atoms with Crippen LogP contribution in [0.25, 0.3) is 0 Å². The fourth-order valence-corrected chi connectivity index (χ4v) is 3.34. The van der Waals surface area contributed by atoms with Crippen LogP contribution in [0.15, 0.2) is 22.9 Å². The zero-order valence-electron chi connectivity index (χ0n) is 10.3. The second-order valence-corrected chi connectivity index (χ2v) is 5.64. The lowest BCUT2D eigenvalue weighted by molar-refractivity contribution is 0.306. The molecule has 1 fully saturated rings. The van der Waals surface area contributed by atoms with Gasteiger partial charge in [-0.2, -0.15) is 0 Å². The van der Waals surface area contributed by atoms with Crippen molar-refractivity contribution in [3.8, 4) is 0 Å². The minimum absolute atomic E-state index is 0.562. The Morgan fingerprint density at radius 2 is 2.24 bits per heavy atom. The molecule has 1 saturated carbocycles. The number of halogens is 1. The highest BCUT2D eigenvalue weighted by Crippen LogP contribution is 2.33. The molecule has 0 spiro atoms. The van der Waals surface area contributed by atoms with Crippen molar-refractivity contribution in [2.75, 3.05) is 18.5 Å². The number of nitrogens with zero attached hydrogens (tertiary/aromatic N) is 2. The Kier molecular flexibility index (Phi) is 4.40. The maximum atomic E-state index is 5.90. The summed E-state index contributed by atoms with van der Waals surface area (Å²) in [5.41, 5.74) is 7.11. The minimum Gasteiger partial charge on any atom is -0.370 e. The monoisotopic (exact) mass is 297 g/mol. The maximum absolute atomic E-state index is 5.90. The SMILES string of the molecule is CN(c1ccncc1Br)C1CCCCC1CN. The fraction of sp³-hybridized carbons (Fsp3) is 0.615. The number of aromatic nitrogens is 1. The third-order valence-corrected chi connectivity index (χ3v) is 4.41. The van der Waals surface area contributed by atoms with Crippen molar-refractivity contribution >= 4 is 21.6 Å². The molecule has 1 aliphatic rings. The first-order chi connectivity index (χ1) is 8.24. The second-order valence-electron chi connectivity index (χ2n) is 4.79. The van der Waals surface area contributed by atoms with E-state index in [4.69, 9.17) is 5.73 Å². The van der Waals surface area contributed by atoms with Gasteiger partial charge in [0.25, 0.3) is 0 Å². The Hall–Kier alpha value is -0.610. The van der Waals surface area contributed by atoms with Crippen molar-refractivity contribution in [1.29, 1.82) is 0 Å². The smallest absolute Gasteiger partial charge is 0.0592 e. The Balaban J connectivity index is 2.18. The van der Waals surface area contributed by atoms with Gasteiger partial charge in [0.2, 0.25) is 0 Å². The summed E-state index contributed by atoms with van der Waals surface area (Å²) < 4.78 is 1.06. The maximum Gasteiger partial charge on any atom is 0.0592 e. The molecule has 3 nitrogen and oxygen atoms in total. The summed E-state index contributed by atoms with van der Waals surface area (Å²) >= 11 is 3.57. The molecular formula is C13H20BrN3. The van der Waals surface area contributed by atoms with E-state index in [1.165, 1.54) is 31.4 Å². The average molecular weight is 298 g/mol. The van der Waals surface area contributed by atoms with Crippen LogP contribution in [0.4, 0.5) is 5.69 Å². The van der Waals surface area contributed by atoms with Gasteiger partial charge in [0.1, 0.15) is 0 Å². The van der Waals surface area contributed by atoms with Crippen molar-refractivity contribution in [1.82, 2.24) is 4.98 Å². The molecule has 1 aliphatic carbocycles. The largest absolute Gasteiger partial charge is 0.370 e. The molecule has 4 heteroatoms. The molecule has 0 aromatic carbocycles. The lowest BCUT2D eigenvalue weighted by Crippen LogP contribution is -2.43. The van der Waals surface area contributed by atoms with Gasteiger partial charge in [-0.1, -0.05) is 12.8 Å². The summed E-state index contributed by atoms with van der Waals surface area (Å²) in [6.45, 7) is 0.789. The zero-order valence-corrected chi connectivity index (χ0v) is 11.9. The highest BCUT2D eigenvalue weighted by atomic mass is 79.9. The van der Waals surface area contributed by atoms with E-state index >= 15 is 0 Å². The molecular weight excluding hydrogens is 278 g/mol. The Labute approximate surface area is 112 Å². The van der Waals surface area contributed by atoms with E-state index in [-0.39, 0.29) is 0 Å². The van der Waals surface area contributed by atoms with Gasteiger partial charge < -0.3 is 10.6 Å². The molecule has 2 unspecified atom stereocenters. The van der Waals surface area contributed by atoms with Crippen LogP contribution in [-0.4, -0.2) is 24.6 Å². The predicted molar refractivity (Wildman–Crippen MR) is 75.1 cm³/mol. The molecule has 1 aromatic heterocycles. The van der Waals surface area contributed by atoms with Crippen LogP contribution in [0.3, 0.4) is 0 Å². The fourth-order valence-electron chi connectivity index (χ4n) is 2.81. The average Bonchev–Trinajstić information content (AvgIpc) is 2.38. The van der Waals surface area contributed by atoms with Gasteiger partial charge in [-0.3, -0.25) is 4.98 Å². The van der Waals surface area contributed by atoms with E-state index in [0.717, 1.165) is 11.0 Å². The first kappa shape index (κ1) is 12.8. The Morgan fingerprint density at radius 3 is 2.94 bits per heavy atom. The van der Waals surface area contributed by atoms with Crippen LogP contribution >= 0.6 is 15.9 Å². The van der Waals surface area contributed by atoms with Crippen LogP contribution < -0.4 is 10.6 Å². The molecule has 2 rings (SSSR count). The van der Waals surface area contributed by atoms with E-state index in [1.54, 1.807) is 0 Å². The normalized spacial score (nSPS) is 24.6. The highest BCUT2D eigenvalue weighted by Gasteiger charge is 2.28. The molecule has 2 N–H and O–H groups in total. The van der Waals surface area contributed by atoms with Crippen LogP contribution in [-0.2, 0) is 0 Å². The Bertz CT molecular complexity index is 369. The van der Waals surface area contributed by atoms with Gasteiger partial charge in [-0.15, -0.1) is 0 Å². The highest BCUT2D eigenvalue weighted by molar-refractivity contribution is 9.10. The summed E-state index contributed by atoms with van der Waals surface area (Å²) in [6.07, 6.45) is 8.84. The van der Waals surface area contributed by atoms with Crippen molar-refractivity contribution in [3.05, 3.63) is 22.9 Å². The van der Waals surface area contributed by atoms with Gasteiger partial charge >= 0.3 is 0 Å². The summed E-state index contributed by atoms with van der Waals surface area (Å²) in [5.74, 6) is 0.619. The summed E-state index contributed by atoms with van der Waals surface area (Å²) in [5, 5.41) is 0. The molecule has 1 heterocycles. The van der Waals surface area contributed by atoms with Crippen molar-refractivity contribution < 1.29 is 0 Å². The summed E-state index contributed by atoms with van der Waals surface area (Å²) in [7, 11) is 2.17. The molecule has 2 atom stereocenters. The van der Waals surface area contributed by atoms with E-state index in [0.29, 0.717) is 12.0 Å². The number of anilines is 1. The minimum atomic E-state index is 0.562. The first-order valence-corrected chi connectivity index (χ1v) is 7.05. The summed E-state index contributed by atoms with van der Waals surface area (Å²) in [6, 6.07) is 2.62. The second kappa shape index (κ2) is 5.83. The van der Waals surface area contributed by atoms with Gasteiger partial charge in [-0.05, 0) is 47.3 Å². The zero-order chi connectivity index (χ0) is 12.3. The predicted octanol–water partition coefficient (Wildman–Crippen LogP) is 2.80. The molecule has 17 heavy (non-hydrogen) atoms. The van der Waals surface area contributed by atoms with Crippen molar-refractivity contribution in [3.63, 3.8) is 0 Å². The van der Waals surface area contributed by atoms with Crippen LogP contribution in [0.5, 0.6) is 0 Å². The lowest BCUT2D eigenvalue weighted by Gasteiger charge is -2.39. The molecule has 1 aromatic rings. The topological polar surface area (TPSA) is 42.2 Å². The van der Waals surface area contributed by atoms with Crippen LogP contribution in [0.1, 0.15) is 25.7 Å². The number of rotatable bonds is 3. The molecule has 0 radical (unpaired) electrons. The van der Waals surface area contributed by atoms with Crippen LogP contribution in [0.2, 0.25) is 0 Å². The molecule has 0 saturated heterocycles. The molecule has 0 aliphatic heterocycles. The standard InChI is InChI=1S/C13H20BrN3/c1-17(13-6-7-16-9-11(13)14)12-5-3-2-4-10(12)8-15/h6-7,9-10,12H,2-5,8,15H2,1H3. The first-order valence-electron chi connectivity index (χ1n) is 6.26. The molecule has 0 bridgehead atoms. The number of nitrogens with two attached hydrogens (primary N) is 1. The summed E-state index contributed by atoms with van der Waals surface area (Å²) in [4.78, 5) is 6.48. The number of hydrogen-bond donors (Lipinski definition) is 1. The van der Waals surface area contributed by atoms with Crippen molar-refractivity contribution in [2.24, 2.45) is 11.7 Å². The van der Waals surface area contributed by atoms with E-state index in [2.05, 4.69) is 38.9 Å². The van der Waals surface area contributed by atoms with Gasteiger partial charge in [-0.25, -0.2) is 0 Å². The lowest BCUT2D eigenvalue weighted by atomic mass is 9.83. The van der Waals surface area contributed by atoms with E-state index in [1.807, 2.05) is 12.4 Å².